The van der Waals surface area contributed by atoms with Gasteiger partial charge in [0.05, 0.1) is 4.90 Å². The molecular weight excluding hydrogens is 296 g/mol. The molecule has 20 heavy (non-hydrogen) atoms. The summed E-state index contributed by atoms with van der Waals surface area (Å²) in [4.78, 5) is 2.80. The molecule has 0 fully saturated rings. The van der Waals surface area contributed by atoms with Gasteiger partial charge in [-0.3, -0.25) is 4.68 Å². The highest BCUT2D eigenvalue weighted by Gasteiger charge is 2.15. The van der Waals surface area contributed by atoms with Crippen molar-refractivity contribution >= 4 is 21.6 Å². The number of alkyl halides is 1. The fourth-order valence-electron chi connectivity index (χ4n) is 1.93. The number of halogens is 1. The van der Waals surface area contributed by atoms with Gasteiger partial charge in [-0.2, -0.15) is 8.42 Å². The van der Waals surface area contributed by atoms with Crippen molar-refractivity contribution in [3.8, 4) is 0 Å². The molecule has 108 valence electrons. The zero-order valence-corrected chi connectivity index (χ0v) is 13.0. The molecule has 0 saturated carbocycles. The van der Waals surface area contributed by atoms with E-state index in [-0.39, 0.29) is 4.90 Å². The molecule has 4 nitrogen and oxygen atoms in total. The van der Waals surface area contributed by atoms with Gasteiger partial charge in [-0.05, 0) is 50.1 Å². The van der Waals surface area contributed by atoms with Crippen LogP contribution in [0.1, 0.15) is 17.0 Å². The minimum absolute atomic E-state index is 0.239. The van der Waals surface area contributed by atoms with Crippen LogP contribution in [-0.4, -0.2) is 19.0 Å². The first-order valence-corrected chi connectivity index (χ1v) is 8.28. The molecule has 0 unspecified atom stereocenters. The molecule has 0 aliphatic heterocycles. The molecule has 1 N–H and O–H groups in total. The maximum Gasteiger partial charge on any atom is 0.275 e. The molecule has 0 amide bonds. The number of sulfonamides is 1. The van der Waals surface area contributed by atoms with E-state index in [0.717, 1.165) is 23.4 Å². The highest BCUT2D eigenvalue weighted by molar-refractivity contribution is 7.92. The number of hydrogen-bond acceptors (Lipinski definition) is 2. The molecule has 0 bridgehead atoms. The molecule has 0 saturated heterocycles. The Bertz CT molecular complexity index is 671. The van der Waals surface area contributed by atoms with Crippen LogP contribution in [0.2, 0.25) is 0 Å². The lowest BCUT2D eigenvalue weighted by molar-refractivity contribution is 0.594. The minimum atomic E-state index is -3.58. The van der Waals surface area contributed by atoms with E-state index in [2.05, 4.69) is 4.83 Å². The number of nitrogens with zero attached hydrogens (tertiary/aromatic N) is 1. The van der Waals surface area contributed by atoms with E-state index in [0.29, 0.717) is 5.88 Å². The van der Waals surface area contributed by atoms with Crippen molar-refractivity contribution in [2.75, 3.05) is 10.7 Å². The summed E-state index contributed by atoms with van der Waals surface area (Å²) in [5.74, 6) is 0.520. The summed E-state index contributed by atoms with van der Waals surface area (Å²) >= 11 is 5.66. The third-order valence-electron chi connectivity index (χ3n) is 3.10. The van der Waals surface area contributed by atoms with Gasteiger partial charge < -0.3 is 0 Å². The predicted octanol–water partition coefficient (Wildman–Crippen LogP) is 2.82. The number of aryl methyl sites for hydroxylation is 3. The van der Waals surface area contributed by atoms with E-state index in [1.165, 1.54) is 0 Å². The molecule has 0 spiro atoms. The quantitative estimate of drug-likeness (QED) is 0.863. The fourth-order valence-corrected chi connectivity index (χ4v) is 3.28. The molecule has 2 aromatic rings. The van der Waals surface area contributed by atoms with Gasteiger partial charge in [-0.1, -0.05) is 12.1 Å². The molecule has 6 heteroatoms. The number of aromatic nitrogens is 1. The Morgan fingerprint density at radius 3 is 2.10 bits per heavy atom. The maximum absolute atomic E-state index is 12.3. The summed E-state index contributed by atoms with van der Waals surface area (Å²) in [7, 11) is -3.58. The Morgan fingerprint density at radius 1 is 1.05 bits per heavy atom. The number of benzene rings is 1. The largest absolute Gasteiger partial charge is 0.275 e. The van der Waals surface area contributed by atoms with E-state index in [4.69, 9.17) is 11.6 Å². The van der Waals surface area contributed by atoms with Crippen molar-refractivity contribution in [2.45, 2.75) is 25.2 Å². The monoisotopic (exact) mass is 312 g/mol. The van der Waals surface area contributed by atoms with Crippen LogP contribution in [-0.2, 0) is 16.4 Å². The number of rotatable bonds is 5. The molecular formula is C14H17ClN2O2S. The first-order chi connectivity index (χ1) is 9.44. The van der Waals surface area contributed by atoms with Crippen molar-refractivity contribution in [1.29, 1.82) is 0 Å². The maximum atomic E-state index is 12.3. The predicted molar refractivity (Wildman–Crippen MR) is 81.3 cm³/mol. The van der Waals surface area contributed by atoms with Crippen molar-refractivity contribution in [2.24, 2.45) is 0 Å². The summed E-state index contributed by atoms with van der Waals surface area (Å²) in [5.41, 5.74) is 2.70. The van der Waals surface area contributed by atoms with E-state index in [1.807, 2.05) is 26.0 Å². The zero-order valence-electron chi connectivity index (χ0n) is 11.4. The summed E-state index contributed by atoms with van der Waals surface area (Å²) in [6, 6.07) is 10.5. The summed E-state index contributed by atoms with van der Waals surface area (Å²) in [6.45, 7) is 3.69. The SMILES string of the molecule is Cc1ccc(C)n1NS(=O)(=O)c1ccc(CCCl)cc1. The standard InChI is InChI=1S/C14H17ClN2O2S/c1-11-3-4-12(2)17(11)16-20(18,19)14-7-5-13(6-8-14)9-10-15/h3-8,16H,9-10H2,1-2H3. The average molecular weight is 313 g/mol. The van der Waals surface area contributed by atoms with Crippen molar-refractivity contribution < 1.29 is 8.42 Å². The summed E-state index contributed by atoms with van der Waals surface area (Å²) < 4.78 is 26.2. The average Bonchev–Trinajstić information content (AvgIpc) is 2.71. The lowest BCUT2D eigenvalue weighted by Crippen LogP contribution is -2.25. The second-order valence-corrected chi connectivity index (χ2v) is 6.67. The van der Waals surface area contributed by atoms with Crippen LogP contribution >= 0.6 is 11.6 Å². The van der Waals surface area contributed by atoms with Gasteiger partial charge in [0.2, 0.25) is 0 Å². The molecule has 2 rings (SSSR count). The van der Waals surface area contributed by atoms with Crippen LogP contribution in [0.4, 0.5) is 0 Å². The van der Waals surface area contributed by atoms with Gasteiger partial charge in [-0.15, -0.1) is 11.6 Å². The van der Waals surface area contributed by atoms with Crippen LogP contribution in [0.5, 0.6) is 0 Å². The topological polar surface area (TPSA) is 51.1 Å². The normalized spacial score (nSPS) is 11.6. The van der Waals surface area contributed by atoms with Crippen molar-refractivity contribution in [1.82, 2.24) is 4.68 Å². The molecule has 0 aliphatic carbocycles. The van der Waals surface area contributed by atoms with Crippen molar-refractivity contribution in [3.05, 3.63) is 53.3 Å². The van der Waals surface area contributed by atoms with E-state index in [1.54, 1.807) is 28.9 Å². The Morgan fingerprint density at radius 2 is 1.60 bits per heavy atom. The molecule has 0 aliphatic rings. The highest BCUT2D eigenvalue weighted by atomic mass is 35.5. The van der Waals surface area contributed by atoms with Crippen LogP contribution in [0.3, 0.4) is 0 Å². The lowest BCUT2D eigenvalue weighted by atomic mass is 10.2. The Kier molecular flexibility index (Phi) is 4.40. The van der Waals surface area contributed by atoms with Gasteiger partial charge in [-0.25, -0.2) is 4.83 Å². The molecule has 1 aromatic heterocycles. The van der Waals surface area contributed by atoms with E-state index in [9.17, 15) is 8.42 Å². The highest BCUT2D eigenvalue weighted by Crippen LogP contribution is 2.14. The van der Waals surface area contributed by atoms with E-state index >= 15 is 0 Å². The second kappa shape index (κ2) is 5.89. The van der Waals surface area contributed by atoms with Gasteiger partial charge >= 0.3 is 0 Å². The third kappa shape index (κ3) is 3.16. The molecule has 1 aromatic carbocycles. The van der Waals surface area contributed by atoms with Crippen molar-refractivity contribution in [3.63, 3.8) is 0 Å². The van der Waals surface area contributed by atoms with Crippen LogP contribution in [0, 0.1) is 13.8 Å². The molecule has 0 atom stereocenters. The molecule has 1 heterocycles. The van der Waals surface area contributed by atoms with Crippen LogP contribution in [0.15, 0.2) is 41.3 Å². The van der Waals surface area contributed by atoms with Gasteiger partial charge in [0, 0.05) is 17.3 Å². The van der Waals surface area contributed by atoms with Gasteiger partial charge in [0.1, 0.15) is 0 Å². The number of hydrogen-bond donors (Lipinski definition) is 1. The smallest absolute Gasteiger partial charge is 0.256 e. The summed E-state index contributed by atoms with van der Waals surface area (Å²) in [6.07, 6.45) is 0.727. The van der Waals surface area contributed by atoms with Gasteiger partial charge in [0.15, 0.2) is 0 Å². The van der Waals surface area contributed by atoms with Crippen LogP contribution < -0.4 is 4.83 Å². The Hall–Kier alpha value is -1.46. The first kappa shape index (κ1) is 14.9. The Labute approximate surface area is 124 Å². The van der Waals surface area contributed by atoms with Crippen LogP contribution in [0.25, 0.3) is 0 Å². The lowest BCUT2D eigenvalue weighted by Gasteiger charge is -2.13. The summed E-state index contributed by atoms with van der Waals surface area (Å²) in [5, 5.41) is 0. The van der Waals surface area contributed by atoms with Gasteiger partial charge in [0.25, 0.3) is 10.0 Å². The zero-order chi connectivity index (χ0) is 14.8. The molecule has 0 radical (unpaired) electrons. The Balaban J connectivity index is 2.26. The third-order valence-corrected chi connectivity index (χ3v) is 4.60. The second-order valence-electron chi connectivity index (χ2n) is 4.63. The number of nitrogens with one attached hydrogen (secondary N) is 1. The minimum Gasteiger partial charge on any atom is -0.256 e. The van der Waals surface area contributed by atoms with E-state index < -0.39 is 10.0 Å². The first-order valence-electron chi connectivity index (χ1n) is 6.27. The fraction of sp³-hybridized carbons (Fsp3) is 0.286.